The molecular formula is C22H33ClN2O4. The molecule has 7 heteroatoms. The van der Waals surface area contributed by atoms with E-state index < -0.39 is 11.0 Å². The third-order valence-electron chi connectivity index (χ3n) is 6.05. The molecular weight excluding hydrogens is 392 g/mol. The van der Waals surface area contributed by atoms with Crippen molar-refractivity contribution in [2.75, 3.05) is 26.3 Å². The number of nitrogens with zero attached hydrogens (tertiary/aromatic N) is 1. The normalized spacial score (nSPS) is 23.3. The number of piperidine rings is 1. The van der Waals surface area contributed by atoms with Crippen LogP contribution >= 0.6 is 11.6 Å². The van der Waals surface area contributed by atoms with Gasteiger partial charge in [0.15, 0.2) is 0 Å². The minimum atomic E-state index is -1.05. The molecule has 29 heavy (non-hydrogen) atoms. The molecule has 1 heterocycles. The molecule has 0 radical (unpaired) electrons. The lowest BCUT2D eigenvalue weighted by Crippen LogP contribution is -2.58. The van der Waals surface area contributed by atoms with Gasteiger partial charge in [-0.3, -0.25) is 9.59 Å². The lowest BCUT2D eigenvalue weighted by molar-refractivity contribution is -0.156. The van der Waals surface area contributed by atoms with Crippen molar-refractivity contribution in [3.63, 3.8) is 0 Å². The molecule has 162 valence electrons. The fourth-order valence-electron chi connectivity index (χ4n) is 3.89. The highest BCUT2D eigenvalue weighted by Gasteiger charge is 2.50. The van der Waals surface area contributed by atoms with Gasteiger partial charge < -0.3 is 20.1 Å². The summed E-state index contributed by atoms with van der Waals surface area (Å²) >= 11 is 5.99. The summed E-state index contributed by atoms with van der Waals surface area (Å²) in [5, 5.41) is 14.9. The molecule has 0 spiro atoms. The number of carbonyl (C=O) groups excluding carboxylic acids is 2. The van der Waals surface area contributed by atoms with Crippen molar-refractivity contribution < 1.29 is 19.4 Å². The lowest BCUT2D eigenvalue weighted by atomic mass is 9.66. The molecule has 1 aromatic carbocycles. The van der Waals surface area contributed by atoms with E-state index >= 15 is 0 Å². The first-order valence-electron chi connectivity index (χ1n) is 10.2. The Bertz CT molecular complexity index is 722. The Hall–Kier alpha value is -1.63. The van der Waals surface area contributed by atoms with E-state index in [9.17, 15) is 14.7 Å². The SMILES string of the molecule is CCOCC(=O)NC(C)[C@@H](C)C(=O)N1CC[C@](O)(c2ccc(Cl)cc2)C(C)(C)C1. The van der Waals surface area contributed by atoms with Crippen LogP contribution in [0, 0.1) is 11.3 Å². The van der Waals surface area contributed by atoms with Crippen molar-refractivity contribution >= 4 is 23.4 Å². The third kappa shape index (κ3) is 5.30. The van der Waals surface area contributed by atoms with Gasteiger partial charge >= 0.3 is 0 Å². The molecule has 2 N–H and O–H groups in total. The Morgan fingerprint density at radius 1 is 1.28 bits per heavy atom. The van der Waals surface area contributed by atoms with Crippen molar-refractivity contribution in [3.8, 4) is 0 Å². The number of carbonyl (C=O) groups is 2. The van der Waals surface area contributed by atoms with Crippen molar-refractivity contribution in [2.45, 2.75) is 52.7 Å². The monoisotopic (exact) mass is 424 g/mol. The van der Waals surface area contributed by atoms with E-state index in [1.807, 2.05) is 46.8 Å². The van der Waals surface area contributed by atoms with Gasteiger partial charge in [-0.25, -0.2) is 0 Å². The zero-order valence-corrected chi connectivity index (χ0v) is 18.8. The fourth-order valence-corrected chi connectivity index (χ4v) is 4.01. The Labute approximate surface area is 178 Å². The maximum absolute atomic E-state index is 13.1. The summed E-state index contributed by atoms with van der Waals surface area (Å²) in [6.07, 6.45) is 0.436. The number of amides is 2. The molecule has 1 aliphatic rings. The van der Waals surface area contributed by atoms with Gasteiger partial charge in [0.25, 0.3) is 0 Å². The summed E-state index contributed by atoms with van der Waals surface area (Å²) in [5.41, 5.74) is -0.784. The molecule has 2 rings (SSSR count). The number of nitrogens with one attached hydrogen (secondary N) is 1. The number of likely N-dealkylation sites (tertiary alicyclic amines) is 1. The molecule has 2 amide bonds. The standard InChI is InChI=1S/C22H33ClN2O4/c1-6-29-13-19(26)24-16(3)15(2)20(27)25-12-11-22(28,21(4,5)14-25)17-7-9-18(23)10-8-17/h7-10,15-16,28H,6,11-14H2,1-5H3,(H,24,26)/t15-,16?,22+/m1/s1. The maximum atomic E-state index is 13.1. The molecule has 0 aromatic heterocycles. The number of aliphatic hydroxyl groups is 1. The van der Waals surface area contributed by atoms with Crippen LogP contribution in [0.4, 0.5) is 0 Å². The number of rotatable bonds is 7. The first kappa shape index (κ1) is 23.6. The van der Waals surface area contributed by atoms with E-state index in [2.05, 4.69) is 5.32 Å². The van der Waals surface area contributed by atoms with Crippen LogP contribution in [-0.4, -0.2) is 54.2 Å². The molecule has 1 unspecified atom stereocenters. The van der Waals surface area contributed by atoms with Gasteiger partial charge in [0, 0.05) is 36.2 Å². The van der Waals surface area contributed by atoms with E-state index in [-0.39, 0.29) is 30.4 Å². The van der Waals surface area contributed by atoms with Gasteiger partial charge in [0.1, 0.15) is 6.61 Å². The average Bonchev–Trinajstić information content (AvgIpc) is 2.67. The third-order valence-corrected chi connectivity index (χ3v) is 6.30. The fraction of sp³-hybridized carbons (Fsp3) is 0.636. The summed E-state index contributed by atoms with van der Waals surface area (Å²) < 4.78 is 5.11. The van der Waals surface area contributed by atoms with E-state index in [1.54, 1.807) is 17.0 Å². The van der Waals surface area contributed by atoms with E-state index in [0.717, 1.165) is 5.56 Å². The number of benzene rings is 1. The summed E-state index contributed by atoms with van der Waals surface area (Å²) in [6.45, 7) is 10.7. The predicted octanol–water partition coefficient (Wildman–Crippen LogP) is 2.96. The minimum absolute atomic E-state index is 0.00732. The number of hydrogen-bond acceptors (Lipinski definition) is 4. The van der Waals surface area contributed by atoms with Crippen molar-refractivity contribution in [1.82, 2.24) is 10.2 Å². The van der Waals surface area contributed by atoms with Gasteiger partial charge in [-0.1, -0.05) is 44.5 Å². The zero-order chi connectivity index (χ0) is 21.8. The smallest absolute Gasteiger partial charge is 0.246 e. The maximum Gasteiger partial charge on any atom is 0.246 e. The van der Waals surface area contributed by atoms with Crippen LogP contribution in [0.15, 0.2) is 24.3 Å². The Morgan fingerprint density at radius 3 is 2.45 bits per heavy atom. The Morgan fingerprint density at radius 2 is 1.90 bits per heavy atom. The Balaban J connectivity index is 2.05. The molecule has 0 aliphatic carbocycles. The summed E-state index contributed by atoms with van der Waals surface area (Å²) in [7, 11) is 0. The molecule has 1 saturated heterocycles. The van der Waals surface area contributed by atoms with E-state index in [1.165, 1.54) is 0 Å². The van der Waals surface area contributed by atoms with Crippen molar-refractivity contribution in [3.05, 3.63) is 34.9 Å². The quantitative estimate of drug-likeness (QED) is 0.705. The van der Waals surface area contributed by atoms with Crippen LogP contribution in [0.5, 0.6) is 0 Å². The van der Waals surface area contributed by atoms with Crippen LogP contribution < -0.4 is 5.32 Å². The van der Waals surface area contributed by atoms with Gasteiger partial charge in [0.2, 0.25) is 11.8 Å². The first-order valence-corrected chi connectivity index (χ1v) is 10.5. The summed E-state index contributed by atoms with van der Waals surface area (Å²) in [4.78, 5) is 26.7. The Kier molecular flexibility index (Phi) is 7.71. The predicted molar refractivity (Wildman–Crippen MR) is 114 cm³/mol. The van der Waals surface area contributed by atoms with Crippen molar-refractivity contribution in [1.29, 1.82) is 0 Å². The van der Waals surface area contributed by atoms with Crippen LogP contribution in [0.2, 0.25) is 5.02 Å². The largest absolute Gasteiger partial charge is 0.384 e. The minimum Gasteiger partial charge on any atom is -0.384 e. The lowest BCUT2D eigenvalue weighted by Gasteiger charge is -2.51. The highest BCUT2D eigenvalue weighted by Crippen LogP contribution is 2.46. The van der Waals surface area contributed by atoms with E-state index in [0.29, 0.717) is 31.1 Å². The van der Waals surface area contributed by atoms with Gasteiger partial charge in [-0.05, 0) is 38.0 Å². The van der Waals surface area contributed by atoms with Crippen LogP contribution in [0.25, 0.3) is 0 Å². The summed E-state index contributed by atoms with van der Waals surface area (Å²) in [5.74, 6) is -0.631. The molecule has 3 atom stereocenters. The van der Waals surface area contributed by atoms with Crippen LogP contribution in [0.1, 0.15) is 46.6 Å². The van der Waals surface area contributed by atoms with Crippen LogP contribution in [0.3, 0.4) is 0 Å². The second-order valence-corrected chi connectivity index (χ2v) is 8.98. The topological polar surface area (TPSA) is 78.9 Å². The molecule has 0 saturated carbocycles. The van der Waals surface area contributed by atoms with E-state index in [4.69, 9.17) is 16.3 Å². The molecule has 6 nitrogen and oxygen atoms in total. The second-order valence-electron chi connectivity index (χ2n) is 8.54. The number of ether oxygens (including phenoxy) is 1. The van der Waals surface area contributed by atoms with Gasteiger partial charge in [0.05, 0.1) is 11.5 Å². The highest BCUT2D eigenvalue weighted by molar-refractivity contribution is 6.30. The van der Waals surface area contributed by atoms with Crippen molar-refractivity contribution in [2.24, 2.45) is 11.3 Å². The average molecular weight is 425 g/mol. The molecule has 1 aliphatic heterocycles. The number of hydrogen-bond donors (Lipinski definition) is 2. The molecule has 1 aromatic rings. The number of halogens is 1. The second kappa shape index (κ2) is 9.45. The highest BCUT2D eigenvalue weighted by atomic mass is 35.5. The van der Waals surface area contributed by atoms with Gasteiger partial charge in [-0.15, -0.1) is 0 Å². The zero-order valence-electron chi connectivity index (χ0n) is 18.0. The molecule has 0 bridgehead atoms. The first-order chi connectivity index (χ1) is 13.5. The van der Waals surface area contributed by atoms with Gasteiger partial charge in [-0.2, -0.15) is 0 Å². The molecule has 1 fully saturated rings. The summed E-state index contributed by atoms with van der Waals surface area (Å²) in [6, 6.07) is 6.94. The van der Waals surface area contributed by atoms with Crippen LogP contribution in [-0.2, 0) is 19.9 Å².